The van der Waals surface area contributed by atoms with Crippen LogP contribution in [0.15, 0.2) is 0 Å². The van der Waals surface area contributed by atoms with Gasteiger partial charge in [0.25, 0.3) is 0 Å². The lowest BCUT2D eigenvalue weighted by Crippen LogP contribution is -2.49. The Bertz CT molecular complexity index is 280. The molecule has 0 aromatic rings. The highest BCUT2D eigenvalue weighted by Gasteiger charge is 2.30. The molecule has 0 amide bonds. The second-order valence-electron chi connectivity index (χ2n) is 6.67. The van der Waals surface area contributed by atoms with Crippen LogP contribution in [0.1, 0.15) is 52.4 Å². The second-order valence-corrected chi connectivity index (χ2v) is 6.67. The van der Waals surface area contributed by atoms with Crippen LogP contribution in [-0.2, 0) is 0 Å². The Balaban J connectivity index is 4.33. The Kier molecular flexibility index (Phi) is 13.0. The van der Waals surface area contributed by atoms with Crippen LogP contribution in [0, 0.1) is 5.92 Å². The van der Waals surface area contributed by atoms with E-state index < -0.39 is 31.0 Å². The molecule has 0 aromatic heterocycles. The van der Waals surface area contributed by atoms with Gasteiger partial charge in [-0.3, -0.25) is 0 Å². The van der Waals surface area contributed by atoms with Crippen LogP contribution in [0.4, 0.5) is 0 Å². The summed E-state index contributed by atoms with van der Waals surface area (Å²) in [7, 11) is 1.88. The van der Waals surface area contributed by atoms with Gasteiger partial charge in [-0.1, -0.05) is 39.5 Å². The van der Waals surface area contributed by atoms with Crippen LogP contribution >= 0.6 is 0 Å². The molecule has 23 heavy (non-hydrogen) atoms. The van der Waals surface area contributed by atoms with Crippen molar-refractivity contribution < 1.29 is 25.5 Å². The molecule has 0 heterocycles. The van der Waals surface area contributed by atoms with Gasteiger partial charge >= 0.3 is 0 Å². The maximum Gasteiger partial charge on any atom is 0.111 e. The first-order chi connectivity index (χ1) is 10.9. The van der Waals surface area contributed by atoms with Gasteiger partial charge < -0.3 is 30.4 Å². The Morgan fingerprint density at radius 2 is 1.39 bits per heavy atom. The predicted molar refractivity (Wildman–Crippen MR) is 91.2 cm³/mol. The number of hydrogen-bond acceptors (Lipinski definition) is 6. The van der Waals surface area contributed by atoms with Crippen molar-refractivity contribution in [1.82, 2.24) is 4.90 Å². The summed E-state index contributed by atoms with van der Waals surface area (Å²) in [5.41, 5.74) is 0. The number of aliphatic hydroxyl groups excluding tert-OH is 5. The van der Waals surface area contributed by atoms with Crippen LogP contribution < -0.4 is 0 Å². The normalized spacial score (nSPS) is 18.7. The molecule has 6 nitrogen and oxygen atoms in total. The van der Waals surface area contributed by atoms with Gasteiger partial charge in [0.15, 0.2) is 0 Å². The molecule has 6 heteroatoms. The van der Waals surface area contributed by atoms with Crippen molar-refractivity contribution in [2.24, 2.45) is 5.92 Å². The summed E-state index contributed by atoms with van der Waals surface area (Å²) in [6.45, 7) is 4.74. The minimum atomic E-state index is -1.56. The van der Waals surface area contributed by atoms with E-state index in [-0.39, 0.29) is 6.54 Å². The molecule has 0 aliphatic heterocycles. The van der Waals surface area contributed by atoms with Crippen molar-refractivity contribution in [2.45, 2.75) is 76.8 Å². The number of nitrogens with zero attached hydrogens (tertiary/aromatic N) is 1. The molecule has 5 atom stereocenters. The quantitative estimate of drug-likeness (QED) is 0.294. The summed E-state index contributed by atoms with van der Waals surface area (Å²) in [5, 5.41) is 47.6. The molecule has 0 aromatic carbocycles. The Morgan fingerprint density at radius 3 is 1.91 bits per heavy atom. The average Bonchev–Trinajstić information content (AvgIpc) is 2.52. The number of likely N-dealkylation sites (N-methyl/N-ethyl adjacent to an activating group) is 1. The molecule has 0 spiro atoms. The van der Waals surface area contributed by atoms with Gasteiger partial charge in [-0.25, -0.2) is 0 Å². The molecule has 0 saturated carbocycles. The summed E-state index contributed by atoms with van der Waals surface area (Å²) in [6, 6.07) is 0. The first-order valence-corrected chi connectivity index (χ1v) is 8.88. The largest absolute Gasteiger partial charge is 0.394 e. The van der Waals surface area contributed by atoms with E-state index in [1.165, 1.54) is 19.3 Å². The summed E-state index contributed by atoms with van der Waals surface area (Å²) in [6.07, 6.45) is 1.40. The molecular formula is C17H37NO5. The van der Waals surface area contributed by atoms with Gasteiger partial charge in [0.1, 0.15) is 18.3 Å². The summed E-state index contributed by atoms with van der Waals surface area (Å²) in [4.78, 5) is 1.96. The third kappa shape index (κ3) is 9.59. The van der Waals surface area contributed by atoms with E-state index in [2.05, 4.69) is 13.8 Å². The minimum absolute atomic E-state index is 0.213. The molecule has 0 radical (unpaired) electrons. The van der Waals surface area contributed by atoms with Crippen molar-refractivity contribution >= 4 is 0 Å². The van der Waals surface area contributed by atoms with Crippen molar-refractivity contribution in [2.75, 3.05) is 26.7 Å². The van der Waals surface area contributed by atoms with Gasteiger partial charge in [0.2, 0.25) is 0 Å². The van der Waals surface area contributed by atoms with E-state index in [9.17, 15) is 20.4 Å². The highest BCUT2D eigenvalue weighted by atomic mass is 16.4. The Morgan fingerprint density at radius 1 is 0.783 bits per heavy atom. The number of aliphatic hydroxyl groups is 5. The van der Waals surface area contributed by atoms with Gasteiger partial charge in [-0.2, -0.15) is 0 Å². The zero-order valence-corrected chi connectivity index (χ0v) is 14.9. The summed E-state index contributed by atoms with van der Waals surface area (Å²) < 4.78 is 0. The molecule has 0 aliphatic rings. The average molecular weight is 335 g/mol. The molecule has 0 fully saturated rings. The fourth-order valence-corrected chi connectivity index (χ4v) is 2.92. The lowest BCUT2D eigenvalue weighted by Gasteiger charge is -2.30. The first kappa shape index (κ1) is 22.8. The lowest BCUT2D eigenvalue weighted by molar-refractivity contribution is -0.119. The highest BCUT2D eigenvalue weighted by Crippen LogP contribution is 2.17. The minimum Gasteiger partial charge on any atom is -0.394 e. The monoisotopic (exact) mass is 335 g/mol. The van der Waals surface area contributed by atoms with Crippen LogP contribution in [0.2, 0.25) is 0 Å². The molecule has 0 rings (SSSR count). The van der Waals surface area contributed by atoms with Crippen molar-refractivity contribution in [3.8, 4) is 0 Å². The topological polar surface area (TPSA) is 104 Å². The van der Waals surface area contributed by atoms with Crippen LogP contribution in [0.5, 0.6) is 0 Å². The van der Waals surface area contributed by atoms with Crippen LogP contribution in [0.25, 0.3) is 0 Å². The maximum atomic E-state index is 10.0. The lowest BCUT2D eigenvalue weighted by atomic mass is 9.95. The molecule has 0 saturated heterocycles. The molecule has 5 unspecified atom stereocenters. The standard InChI is InChI=1S/C17H37NO5/c1-4-6-7-9-13(8-5-2)10-18(3)11-14(20)16(22)17(23)15(21)12-19/h13-17,19-23H,4-12H2,1-3H3. The Hall–Kier alpha value is -0.240. The van der Waals surface area contributed by atoms with Gasteiger partial charge in [0.05, 0.1) is 12.7 Å². The van der Waals surface area contributed by atoms with E-state index in [1.54, 1.807) is 0 Å². The van der Waals surface area contributed by atoms with E-state index in [1.807, 2.05) is 11.9 Å². The van der Waals surface area contributed by atoms with E-state index in [0.29, 0.717) is 5.92 Å². The highest BCUT2D eigenvalue weighted by molar-refractivity contribution is 4.82. The summed E-state index contributed by atoms with van der Waals surface area (Å²) >= 11 is 0. The van der Waals surface area contributed by atoms with Crippen molar-refractivity contribution in [1.29, 1.82) is 0 Å². The molecular weight excluding hydrogens is 298 g/mol. The van der Waals surface area contributed by atoms with Crippen LogP contribution in [-0.4, -0.2) is 81.6 Å². The van der Waals surface area contributed by atoms with Crippen molar-refractivity contribution in [3.05, 3.63) is 0 Å². The zero-order chi connectivity index (χ0) is 17.8. The number of unbranched alkanes of at least 4 members (excludes halogenated alkanes) is 2. The predicted octanol–water partition coefficient (Wildman–Crippen LogP) is 0.351. The van der Waals surface area contributed by atoms with Crippen molar-refractivity contribution in [3.63, 3.8) is 0 Å². The molecule has 0 bridgehead atoms. The smallest absolute Gasteiger partial charge is 0.111 e. The van der Waals surface area contributed by atoms with Gasteiger partial charge in [-0.05, 0) is 25.8 Å². The summed E-state index contributed by atoms with van der Waals surface area (Å²) in [5.74, 6) is 0.564. The van der Waals surface area contributed by atoms with Crippen LogP contribution in [0.3, 0.4) is 0 Å². The van der Waals surface area contributed by atoms with E-state index in [4.69, 9.17) is 5.11 Å². The van der Waals surface area contributed by atoms with E-state index in [0.717, 1.165) is 25.8 Å². The Labute approximate surface area is 140 Å². The maximum absolute atomic E-state index is 10.0. The first-order valence-electron chi connectivity index (χ1n) is 8.88. The fourth-order valence-electron chi connectivity index (χ4n) is 2.92. The second kappa shape index (κ2) is 13.1. The zero-order valence-electron chi connectivity index (χ0n) is 14.9. The molecule has 0 aliphatic carbocycles. The fraction of sp³-hybridized carbons (Fsp3) is 1.00. The molecule has 5 N–H and O–H groups in total. The third-order valence-corrected chi connectivity index (χ3v) is 4.31. The number of rotatable bonds is 14. The SMILES string of the molecule is CCCCCC(CCC)CN(C)CC(O)C(O)C(O)C(O)CO. The van der Waals surface area contributed by atoms with E-state index >= 15 is 0 Å². The van der Waals surface area contributed by atoms with Gasteiger partial charge in [0, 0.05) is 13.1 Å². The van der Waals surface area contributed by atoms with Gasteiger partial charge in [-0.15, -0.1) is 0 Å². The third-order valence-electron chi connectivity index (χ3n) is 4.31. The molecule has 140 valence electrons. The number of hydrogen-bond donors (Lipinski definition) is 5.